The molecule has 0 aliphatic carbocycles. The minimum absolute atomic E-state index is 0.113. The summed E-state index contributed by atoms with van der Waals surface area (Å²) in [4.78, 5) is 40.6. The van der Waals surface area contributed by atoms with Crippen LogP contribution >= 0.6 is 0 Å². The molecule has 28 heavy (non-hydrogen) atoms. The Hall–Kier alpha value is -2.54. The van der Waals surface area contributed by atoms with Crippen molar-refractivity contribution in [1.82, 2.24) is 24.8 Å². The van der Waals surface area contributed by atoms with Gasteiger partial charge in [0.05, 0.1) is 0 Å². The van der Waals surface area contributed by atoms with E-state index in [9.17, 15) is 9.59 Å². The zero-order valence-corrected chi connectivity index (χ0v) is 16.9. The molecular weight excluding hydrogens is 354 g/mol. The third-order valence-corrected chi connectivity index (χ3v) is 5.34. The molecule has 0 radical (unpaired) electrons. The molecule has 3 heterocycles. The minimum Gasteiger partial charge on any atom is -0.337 e. The van der Waals surface area contributed by atoms with Crippen LogP contribution in [0.15, 0.2) is 35.5 Å². The standard InChI is InChI=1S/C21H29N5O2/c1-4-25(13-16-7-9-22-10-8-16)17-6-5-11-26(14-17)21(28)18-12-23-19(15(2)3)24-20(18)27/h7-10,12,15,17H,4-6,11,13-14H2,1-3H3,(H,23,24,27)/t17-/m0/s1. The molecule has 0 bridgehead atoms. The molecule has 1 saturated heterocycles. The summed E-state index contributed by atoms with van der Waals surface area (Å²) < 4.78 is 0. The fourth-order valence-electron chi connectivity index (χ4n) is 3.68. The van der Waals surface area contributed by atoms with Gasteiger partial charge in [-0.15, -0.1) is 0 Å². The first-order valence-electron chi connectivity index (χ1n) is 10.0. The molecule has 150 valence electrons. The van der Waals surface area contributed by atoms with Gasteiger partial charge in [-0.25, -0.2) is 4.98 Å². The summed E-state index contributed by atoms with van der Waals surface area (Å²) in [5.41, 5.74) is 0.988. The summed E-state index contributed by atoms with van der Waals surface area (Å²) in [6, 6.07) is 4.32. The molecule has 1 amide bonds. The van der Waals surface area contributed by atoms with Gasteiger partial charge in [-0.3, -0.25) is 19.5 Å². The van der Waals surface area contributed by atoms with Crippen LogP contribution < -0.4 is 5.56 Å². The monoisotopic (exact) mass is 383 g/mol. The molecular formula is C21H29N5O2. The van der Waals surface area contributed by atoms with E-state index in [1.807, 2.05) is 26.0 Å². The number of amides is 1. The van der Waals surface area contributed by atoms with Crippen molar-refractivity contribution >= 4 is 5.91 Å². The molecule has 2 aromatic rings. The first kappa shape index (κ1) is 20.2. The summed E-state index contributed by atoms with van der Waals surface area (Å²) in [5, 5.41) is 0. The Morgan fingerprint density at radius 2 is 2.11 bits per heavy atom. The number of aromatic nitrogens is 3. The van der Waals surface area contributed by atoms with E-state index in [1.54, 1.807) is 17.3 Å². The van der Waals surface area contributed by atoms with E-state index in [4.69, 9.17) is 0 Å². The van der Waals surface area contributed by atoms with E-state index in [1.165, 1.54) is 11.8 Å². The number of hydrogen-bond acceptors (Lipinski definition) is 5. The SMILES string of the molecule is CCN(Cc1ccncc1)[C@H]1CCCN(C(=O)c2cnc(C(C)C)[nH]c2=O)C1. The van der Waals surface area contributed by atoms with Crippen LogP contribution in [0.5, 0.6) is 0 Å². The molecule has 0 spiro atoms. The van der Waals surface area contributed by atoms with E-state index in [2.05, 4.69) is 26.8 Å². The lowest BCUT2D eigenvalue weighted by atomic mass is 10.0. The van der Waals surface area contributed by atoms with Crippen molar-refractivity contribution in [3.8, 4) is 0 Å². The Morgan fingerprint density at radius 1 is 1.36 bits per heavy atom. The van der Waals surface area contributed by atoms with Crippen molar-refractivity contribution < 1.29 is 4.79 Å². The second-order valence-electron chi connectivity index (χ2n) is 7.63. The molecule has 0 aromatic carbocycles. The zero-order chi connectivity index (χ0) is 20.1. The number of rotatable bonds is 6. The van der Waals surface area contributed by atoms with Crippen molar-refractivity contribution in [3.05, 3.63) is 58.0 Å². The van der Waals surface area contributed by atoms with Gasteiger partial charge in [-0.05, 0) is 37.1 Å². The average Bonchev–Trinajstić information content (AvgIpc) is 2.72. The zero-order valence-electron chi connectivity index (χ0n) is 16.9. The molecule has 7 nitrogen and oxygen atoms in total. The quantitative estimate of drug-likeness (QED) is 0.828. The third kappa shape index (κ3) is 4.65. The Kier molecular flexibility index (Phi) is 6.57. The van der Waals surface area contributed by atoms with Crippen LogP contribution in [0.25, 0.3) is 0 Å². The highest BCUT2D eigenvalue weighted by molar-refractivity contribution is 5.93. The fraction of sp³-hybridized carbons (Fsp3) is 0.524. The maximum absolute atomic E-state index is 13.0. The molecule has 3 rings (SSSR count). The number of likely N-dealkylation sites (tertiary alicyclic amines) is 1. The van der Waals surface area contributed by atoms with Gasteiger partial charge in [0.1, 0.15) is 11.4 Å². The Labute approximate surface area is 165 Å². The van der Waals surface area contributed by atoms with Crippen molar-refractivity contribution in [2.45, 2.75) is 52.1 Å². The second-order valence-corrected chi connectivity index (χ2v) is 7.63. The van der Waals surface area contributed by atoms with Gasteiger partial charge < -0.3 is 9.88 Å². The van der Waals surface area contributed by atoms with Gasteiger partial charge in [0.15, 0.2) is 0 Å². The summed E-state index contributed by atoms with van der Waals surface area (Å²) in [6.07, 6.45) is 7.01. The fourth-order valence-corrected chi connectivity index (χ4v) is 3.68. The van der Waals surface area contributed by atoms with E-state index >= 15 is 0 Å². The number of nitrogens with zero attached hydrogens (tertiary/aromatic N) is 4. The summed E-state index contributed by atoms with van der Waals surface area (Å²) in [6.45, 7) is 9.09. The van der Waals surface area contributed by atoms with Crippen LogP contribution in [-0.2, 0) is 6.54 Å². The van der Waals surface area contributed by atoms with Crippen LogP contribution in [0.1, 0.15) is 61.3 Å². The number of carbonyl (C=O) groups excluding carboxylic acids is 1. The minimum atomic E-state index is -0.352. The smallest absolute Gasteiger partial charge is 0.263 e. The first-order valence-corrected chi connectivity index (χ1v) is 10.0. The second kappa shape index (κ2) is 9.10. The lowest BCUT2D eigenvalue weighted by molar-refractivity contribution is 0.0567. The highest BCUT2D eigenvalue weighted by atomic mass is 16.2. The molecule has 1 fully saturated rings. The van der Waals surface area contributed by atoms with E-state index in [0.29, 0.717) is 18.9 Å². The maximum atomic E-state index is 13.0. The Balaban J connectivity index is 1.71. The topological polar surface area (TPSA) is 82.2 Å². The van der Waals surface area contributed by atoms with Gasteiger partial charge in [-0.2, -0.15) is 0 Å². The van der Waals surface area contributed by atoms with Gasteiger partial charge in [0.25, 0.3) is 11.5 Å². The molecule has 1 aliphatic rings. The first-order chi connectivity index (χ1) is 13.5. The number of aromatic amines is 1. The lowest BCUT2D eigenvalue weighted by Crippen LogP contribution is -2.50. The molecule has 1 aliphatic heterocycles. The van der Waals surface area contributed by atoms with Crippen LogP contribution in [0, 0.1) is 0 Å². The van der Waals surface area contributed by atoms with Gasteiger partial charge in [-0.1, -0.05) is 20.8 Å². The molecule has 1 atom stereocenters. The third-order valence-electron chi connectivity index (χ3n) is 5.34. The van der Waals surface area contributed by atoms with Crippen LogP contribution in [0.4, 0.5) is 0 Å². The molecule has 7 heteroatoms. The molecule has 1 N–H and O–H groups in total. The molecule has 0 saturated carbocycles. The van der Waals surface area contributed by atoms with Crippen molar-refractivity contribution in [1.29, 1.82) is 0 Å². The summed E-state index contributed by atoms with van der Waals surface area (Å²) in [7, 11) is 0. The Morgan fingerprint density at radius 3 is 2.75 bits per heavy atom. The van der Waals surface area contributed by atoms with E-state index in [0.717, 1.165) is 25.9 Å². The predicted molar refractivity (Wildman–Crippen MR) is 108 cm³/mol. The number of pyridine rings is 1. The Bertz CT molecular complexity index is 849. The number of H-pyrrole nitrogens is 1. The average molecular weight is 383 g/mol. The summed E-state index contributed by atoms with van der Waals surface area (Å²) >= 11 is 0. The highest BCUT2D eigenvalue weighted by Crippen LogP contribution is 2.19. The van der Waals surface area contributed by atoms with Crippen LogP contribution in [0.3, 0.4) is 0 Å². The van der Waals surface area contributed by atoms with Gasteiger partial charge >= 0.3 is 0 Å². The number of carbonyl (C=O) groups is 1. The normalized spacial score (nSPS) is 17.3. The predicted octanol–water partition coefficient (Wildman–Crippen LogP) is 2.42. The number of hydrogen-bond donors (Lipinski definition) is 1. The van der Waals surface area contributed by atoms with E-state index < -0.39 is 0 Å². The molecule has 0 unspecified atom stereocenters. The van der Waals surface area contributed by atoms with E-state index in [-0.39, 0.29) is 29.0 Å². The van der Waals surface area contributed by atoms with Gasteiger partial charge in [0, 0.05) is 50.2 Å². The van der Waals surface area contributed by atoms with Crippen molar-refractivity contribution in [2.24, 2.45) is 0 Å². The number of nitrogens with one attached hydrogen (secondary N) is 1. The highest BCUT2D eigenvalue weighted by Gasteiger charge is 2.29. The van der Waals surface area contributed by atoms with Crippen LogP contribution in [-0.4, -0.2) is 56.3 Å². The number of likely N-dealkylation sites (N-methyl/N-ethyl adjacent to an activating group) is 1. The largest absolute Gasteiger partial charge is 0.337 e. The number of piperidine rings is 1. The maximum Gasteiger partial charge on any atom is 0.263 e. The van der Waals surface area contributed by atoms with Crippen molar-refractivity contribution in [2.75, 3.05) is 19.6 Å². The van der Waals surface area contributed by atoms with Crippen molar-refractivity contribution in [3.63, 3.8) is 0 Å². The summed E-state index contributed by atoms with van der Waals surface area (Å²) in [5.74, 6) is 0.490. The van der Waals surface area contributed by atoms with Crippen LogP contribution in [0.2, 0.25) is 0 Å². The lowest BCUT2D eigenvalue weighted by Gasteiger charge is -2.39. The molecule has 2 aromatic heterocycles. The van der Waals surface area contributed by atoms with Gasteiger partial charge in [0.2, 0.25) is 0 Å².